The van der Waals surface area contributed by atoms with E-state index in [1.807, 2.05) is 24.0 Å². The lowest BCUT2D eigenvalue weighted by atomic mass is 9.95. The third-order valence-corrected chi connectivity index (χ3v) is 5.92. The molecule has 2 amide bonds. The van der Waals surface area contributed by atoms with Crippen molar-refractivity contribution in [3.8, 4) is 0 Å². The minimum Gasteiger partial charge on any atom is -0.480 e. The van der Waals surface area contributed by atoms with Gasteiger partial charge in [0.25, 0.3) is 5.91 Å². The smallest absolute Gasteiger partial charge is 0.328 e. The first-order valence-electron chi connectivity index (χ1n) is 9.48. The molecule has 1 aromatic rings. The number of nitrogens with zero attached hydrogens (tertiary/aromatic N) is 2. The number of likely N-dealkylation sites (tertiary alicyclic amines) is 1. The van der Waals surface area contributed by atoms with Crippen molar-refractivity contribution >= 4 is 17.8 Å². The molecule has 0 aromatic heterocycles. The van der Waals surface area contributed by atoms with E-state index in [-0.39, 0.29) is 24.3 Å². The Morgan fingerprint density at radius 2 is 1.81 bits per heavy atom. The number of amides is 2. The molecule has 1 spiro atoms. The van der Waals surface area contributed by atoms with Crippen LogP contribution in [-0.4, -0.2) is 64.2 Å². The van der Waals surface area contributed by atoms with Gasteiger partial charge in [0, 0.05) is 37.4 Å². The first-order valence-corrected chi connectivity index (χ1v) is 9.48. The van der Waals surface area contributed by atoms with Crippen LogP contribution in [0.2, 0.25) is 0 Å². The van der Waals surface area contributed by atoms with Crippen LogP contribution >= 0.6 is 0 Å². The number of aryl methyl sites for hydroxylation is 1. The fourth-order valence-electron chi connectivity index (χ4n) is 4.16. The van der Waals surface area contributed by atoms with E-state index in [1.54, 1.807) is 12.1 Å². The van der Waals surface area contributed by atoms with Crippen LogP contribution in [0.15, 0.2) is 24.3 Å². The Hall–Kier alpha value is -2.41. The number of piperidine rings is 1. The average Bonchev–Trinajstić information content (AvgIpc) is 3.44. The molecule has 3 aliphatic rings. The summed E-state index contributed by atoms with van der Waals surface area (Å²) < 4.78 is 5.94. The van der Waals surface area contributed by atoms with Gasteiger partial charge in [-0.15, -0.1) is 0 Å². The highest BCUT2D eigenvalue weighted by Gasteiger charge is 2.54. The van der Waals surface area contributed by atoms with Crippen molar-refractivity contribution in [3.05, 3.63) is 35.4 Å². The van der Waals surface area contributed by atoms with E-state index < -0.39 is 17.7 Å². The zero-order valence-electron chi connectivity index (χ0n) is 15.4. The maximum atomic E-state index is 13.3. The van der Waals surface area contributed by atoms with E-state index in [0.29, 0.717) is 31.5 Å². The Bertz CT molecular complexity index is 780. The van der Waals surface area contributed by atoms with Crippen LogP contribution in [0.25, 0.3) is 0 Å². The van der Waals surface area contributed by atoms with Crippen molar-refractivity contribution in [1.82, 2.24) is 9.80 Å². The fraction of sp³-hybridized carbons (Fsp3) is 0.550. The number of carboxylic acids is 1. The number of aliphatic carboxylic acids is 1. The van der Waals surface area contributed by atoms with Crippen molar-refractivity contribution in [2.45, 2.75) is 44.4 Å². The van der Waals surface area contributed by atoms with Crippen LogP contribution < -0.4 is 0 Å². The summed E-state index contributed by atoms with van der Waals surface area (Å²) in [5.74, 6) is -1.06. The molecule has 1 aromatic carbocycles. The first-order chi connectivity index (χ1) is 12.9. The summed E-state index contributed by atoms with van der Waals surface area (Å²) in [5, 5.41) is 9.65. The van der Waals surface area contributed by atoms with Crippen LogP contribution in [0.4, 0.5) is 0 Å². The summed E-state index contributed by atoms with van der Waals surface area (Å²) in [4.78, 5) is 40.7. The molecule has 0 radical (unpaired) electrons. The van der Waals surface area contributed by atoms with Gasteiger partial charge in [0.05, 0.1) is 6.61 Å². The molecule has 2 heterocycles. The molecule has 1 atom stereocenters. The Balaban J connectivity index is 1.60. The van der Waals surface area contributed by atoms with Crippen LogP contribution in [-0.2, 0) is 14.3 Å². The Labute approximate surface area is 157 Å². The van der Waals surface area contributed by atoms with E-state index in [0.717, 1.165) is 18.4 Å². The van der Waals surface area contributed by atoms with Crippen molar-refractivity contribution in [2.24, 2.45) is 5.92 Å². The Morgan fingerprint density at radius 3 is 2.41 bits per heavy atom. The lowest BCUT2D eigenvalue weighted by Gasteiger charge is -2.44. The van der Waals surface area contributed by atoms with Crippen molar-refractivity contribution in [2.75, 3.05) is 19.7 Å². The van der Waals surface area contributed by atoms with Crippen LogP contribution in [0.1, 0.15) is 41.6 Å². The molecule has 0 unspecified atom stereocenters. The minimum atomic E-state index is -1.06. The van der Waals surface area contributed by atoms with Crippen molar-refractivity contribution < 1.29 is 24.2 Å². The number of benzene rings is 1. The van der Waals surface area contributed by atoms with Gasteiger partial charge in [-0.25, -0.2) is 4.79 Å². The molecular formula is C20H24N2O5. The third-order valence-electron chi connectivity index (χ3n) is 5.92. The second-order valence-corrected chi connectivity index (χ2v) is 7.70. The highest BCUT2D eigenvalue weighted by Crippen LogP contribution is 2.40. The number of carbonyl (C=O) groups excluding carboxylic acids is 2. The van der Waals surface area contributed by atoms with Gasteiger partial charge >= 0.3 is 5.97 Å². The summed E-state index contributed by atoms with van der Waals surface area (Å²) in [6.45, 7) is 2.78. The zero-order valence-corrected chi connectivity index (χ0v) is 15.4. The maximum Gasteiger partial charge on any atom is 0.328 e. The second kappa shape index (κ2) is 6.64. The quantitative estimate of drug-likeness (QED) is 0.872. The maximum absolute atomic E-state index is 13.3. The molecule has 144 valence electrons. The summed E-state index contributed by atoms with van der Waals surface area (Å²) >= 11 is 0. The van der Waals surface area contributed by atoms with Gasteiger partial charge < -0.3 is 14.7 Å². The SMILES string of the molecule is Cc1ccccc1C(=O)N1[C@H](C(=O)O)COC12CCN(C(=O)C1CC1)CC2. The van der Waals surface area contributed by atoms with Gasteiger partial charge in [0.2, 0.25) is 5.91 Å². The van der Waals surface area contributed by atoms with Crippen LogP contribution in [0.5, 0.6) is 0 Å². The molecule has 0 bridgehead atoms. The summed E-state index contributed by atoms with van der Waals surface area (Å²) in [6, 6.07) is 6.16. The standard InChI is InChI=1S/C20H24N2O5/c1-13-4-2-3-5-15(13)18(24)22-16(19(25)26)12-27-20(22)8-10-21(11-9-20)17(23)14-6-7-14/h2-5,14,16H,6-12H2,1H3,(H,25,26)/t16-/m0/s1. The molecule has 3 fully saturated rings. The normalized spacial score (nSPS) is 24.3. The lowest BCUT2D eigenvalue weighted by Crippen LogP contribution is -2.59. The van der Waals surface area contributed by atoms with E-state index in [4.69, 9.17) is 4.74 Å². The van der Waals surface area contributed by atoms with Gasteiger partial charge in [0.15, 0.2) is 6.04 Å². The average molecular weight is 372 g/mol. The minimum absolute atomic E-state index is 0.0243. The number of rotatable bonds is 3. The van der Waals surface area contributed by atoms with E-state index in [9.17, 15) is 19.5 Å². The topological polar surface area (TPSA) is 87.2 Å². The number of hydrogen-bond acceptors (Lipinski definition) is 4. The number of carbonyl (C=O) groups is 3. The molecule has 7 nitrogen and oxygen atoms in total. The largest absolute Gasteiger partial charge is 0.480 e. The summed E-state index contributed by atoms with van der Waals surface area (Å²) in [7, 11) is 0. The summed E-state index contributed by atoms with van der Waals surface area (Å²) in [5.41, 5.74) is 0.336. The van der Waals surface area contributed by atoms with E-state index in [2.05, 4.69) is 0 Å². The molecule has 1 N–H and O–H groups in total. The van der Waals surface area contributed by atoms with Gasteiger partial charge in [-0.2, -0.15) is 0 Å². The van der Waals surface area contributed by atoms with Crippen molar-refractivity contribution in [1.29, 1.82) is 0 Å². The molecule has 2 aliphatic heterocycles. The molecular weight excluding hydrogens is 348 g/mol. The third kappa shape index (κ3) is 3.10. The van der Waals surface area contributed by atoms with Crippen LogP contribution in [0.3, 0.4) is 0 Å². The predicted octanol–water partition coefficient (Wildman–Crippen LogP) is 1.65. The lowest BCUT2D eigenvalue weighted by molar-refractivity contribution is -0.148. The Kier molecular flexibility index (Phi) is 4.42. The molecule has 7 heteroatoms. The summed E-state index contributed by atoms with van der Waals surface area (Å²) in [6.07, 6.45) is 2.78. The highest BCUT2D eigenvalue weighted by atomic mass is 16.5. The van der Waals surface area contributed by atoms with Gasteiger partial charge in [-0.05, 0) is 31.4 Å². The molecule has 2 saturated heterocycles. The fourth-order valence-corrected chi connectivity index (χ4v) is 4.16. The first kappa shape index (κ1) is 18.0. The van der Waals surface area contributed by atoms with E-state index >= 15 is 0 Å². The van der Waals surface area contributed by atoms with Crippen LogP contribution in [0, 0.1) is 12.8 Å². The molecule has 1 aliphatic carbocycles. The molecule has 27 heavy (non-hydrogen) atoms. The van der Waals surface area contributed by atoms with Gasteiger partial charge in [-0.3, -0.25) is 14.5 Å². The zero-order chi connectivity index (χ0) is 19.2. The van der Waals surface area contributed by atoms with Gasteiger partial charge in [0.1, 0.15) is 5.72 Å². The number of ether oxygens (including phenoxy) is 1. The highest BCUT2D eigenvalue weighted by molar-refractivity contribution is 5.98. The van der Waals surface area contributed by atoms with Gasteiger partial charge in [-0.1, -0.05) is 18.2 Å². The molecule has 4 rings (SSSR count). The monoisotopic (exact) mass is 372 g/mol. The predicted molar refractivity (Wildman–Crippen MR) is 96.0 cm³/mol. The Morgan fingerprint density at radius 1 is 1.15 bits per heavy atom. The second-order valence-electron chi connectivity index (χ2n) is 7.70. The van der Waals surface area contributed by atoms with E-state index in [1.165, 1.54) is 4.90 Å². The number of carboxylic acid groups (broad SMARTS) is 1. The van der Waals surface area contributed by atoms with Crippen molar-refractivity contribution in [3.63, 3.8) is 0 Å². The molecule has 1 saturated carbocycles. The number of hydrogen-bond donors (Lipinski definition) is 1.